The number of carbonyl (C=O) groups excluding carboxylic acids is 1. The number of aryl methyl sites for hydroxylation is 1. The van der Waals surface area contributed by atoms with Crippen molar-refractivity contribution in [2.75, 3.05) is 13.1 Å². The normalized spacial score (nSPS) is 15.1. The van der Waals surface area contributed by atoms with Crippen molar-refractivity contribution in [3.63, 3.8) is 0 Å². The Morgan fingerprint density at radius 2 is 1.96 bits per heavy atom. The van der Waals surface area contributed by atoms with Crippen molar-refractivity contribution in [1.29, 1.82) is 0 Å². The Labute approximate surface area is 153 Å². The quantitative estimate of drug-likeness (QED) is 0.890. The van der Waals surface area contributed by atoms with Gasteiger partial charge < -0.3 is 10.6 Å². The van der Waals surface area contributed by atoms with E-state index in [1.807, 2.05) is 23.1 Å². The van der Waals surface area contributed by atoms with Crippen molar-refractivity contribution in [3.8, 4) is 0 Å². The van der Waals surface area contributed by atoms with Crippen LogP contribution in [0.15, 0.2) is 24.3 Å². The molecule has 0 unspecified atom stereocenters. The Hall–Kier alpha value is -0.880. The lowest BCUT2D eigenvalue weighted by atomic mass is 10.1. The number of thiazole rings is 1. The molecule has 1 aromatic heterocycles. The lowest BCUT2D eigenvalue weighted by Gasteiger charge is -2.30. The number of fused-ring (bicyclic) bond motifs is 1. The van der Waals surface area contributed by atoms with E-state index in [1.165, 1.54) is 4.70 Å². The molecule has 0 bridgehead atoms. The van der Waals surface area contributed by atoms with Crippen LogP contribution in [0.4, 0.5) is 0 Å². The molecule has 1 amide bonds. The lowest BCUT2D eigenvalue weighted by Crippen LogP contribution is -2.42. The van der Waals surface area contributed by atoms with E-state index in [4.69, 9.17) is 5.73 Å². The van der Waals surface area contributed by atoms with Crippen molar-refractivity contribution in [2.24, 2.45) is 5.73 Å². The van der Waals surface area contributed by atoms with Gasteiger partial charge in [-0.3, -0.25) is 4.79 Å². The number of hydrogen-bond donors (Lipinski definition) is 1. The second kappa shape index (κ2) is 9.42. The molecule has 0 saturated carbocycles. The minimum atomic E-state index is 0. The highest BCUT2D eigenvalue weighted by atomic mass is 35.5. The van der Waals surface area contributed by atoms with Gasteiger partial charge in [0, 0.05) is 25.6 Å². The SMILES string of the molecule is Cl.Cl.NC1CCN(C(=O)CCCc2nc3ccccc3s2)CC1. The number of nitrogens with zero attached hydrogens (tertiary/aromatic N) is 2. The van der Waals surface area contributed by atoms with Crippen molar-refractivity contribution < 1.29 is 4.79 Å². The number of aromatic nitrogens is 1. The van der Waals surface area contributed by atoms with Crippen LogP contribution in [0.3, 0.4) is 0 Å². The molecule has 3 rings (SSSR count). The van der Waals surface area contributed by atoms with E-state index in [2.05, 4.69) is 11.1 Å². The van der Waals surface area contributed by atoms with Gasteiger partial charge in [0.25, 0.3) is 0 Å². The zero-order valence-corrected chi connectivity index (χ0v) is 15.4. The van der Waals surface area contributed by atoms with Crippen molar-refractivity contribution >= 4 is 52.3 Å². The predicted octanol–water partition coefficient (Wildman–Crippen LogP) is 3.41. The van der Waals surface area contributed by atoms with Gasteiger partial charge in [0.2, 0.25) is 5.91 Å². The molecular weight excluding hydrogens is 353 g/mol. The molecule has 4 nitrogen and oxygen atoms in total. The number of amides is 1. The van der Waals surface area contributed by atoms with Crippen molar-refractivity contribution in [3.05, 3.63) is 29.3 Å². The van der Waals surface area contributed by atoms with Crippen LogP contribution >= 0.6 is 36.2 Å². The Balaban J connectivity index is 0.00000132. The van der Waals surface area contributed by atoms with Gasteiger partial charge in [-0.15, -0.1) is 36.2 Å². The maximum absolute atomic E-state index is 12.1. The molecule has 0 radical (unpaired) electrons. The van der Waals surface area contributed by atoms with Crippen LogP contribution in [0.5, 0.6) is 0 Å². The third-order valence-corrected chi connectivity index (χ3v) is 5.11. The molecule has 128 valence electrons. The van der Waals surface area contributed by atoms with Crippen LogP contribution in [0, 0.1) is 0 Å². The fourth-order valence-electron chi connectivity index (χ4n) is 2.72. The van der Waals surface area contributed by atoms with E-state index in [0.29, 0.717) is 6.42 Å². The summed E-state index contributed by atoms with van der Waals surface area (Å²) >= 11 is 1.73. The van der Waals surface area contributed by atoms with Crippen LogP contribution < -0.4 is 5.73 Å². The molecule has 1 aliphatic heterocycles. The highest BCUT2D eigenvalue weighted by Crippen LogP contribution is 2.23. The number of hydrogen-bond acceptors (Lipinski definition) is 4. The summed E-state index contributed by atoms with van der Waals surface area (Å²) in [5.41, 5.74) is 6.93. The molecular formula is C16H23Cl2N3OS. The van der Waals surface area contributed by atoms with Gasteiger partial charge in [0.05, 0.1) is 15.2 Å². The minimum absolute atomic E-state index is 0. The summed E-state index contributed by atoms with van der Waals surface area (Å²) in [5, 5.41) is 1.13. The fraction of sp³-hybridized carbons (Fsp3) is 0.500. The average Bonchev–Trinajstić information content (AvgIpc) is 2.90. The van der Waals surface area contributed by atoms with Crippen LogP contribution in [0.1, 0.15) is 30.7 Å². The number of likely N-dealkylation sites (tertiary alicyclic amines) is 1. The minimum Gasteiger partial charge on any atom is -0.343 e. The van der Waals surface area contributed by atoms with E-state index in [-0.39, 0.29) is 36.8 Å². The third-order valence-electron chi connectivity index (χ3n) is 4.01. The van der Waals surface area contributed by atoms with Gasteiger partial charge in [0.15, 0.2) is 0 Å². The van der Waals surface area contributed by atoms with E-state index < -0.39 is 0 Å². The molecule has 0 aliphatic carbocycles. The van der Waals surface area contributed by atoms with Gasteiger partial charge >= 0.3 is 0 Å². The number of rotatable bonds is 4. The first-order valence-electron chi connectivity index (χ1n) is 7.60. The summed E-state index contributed by atoms with van der Waals surface area (Å²) in [5.74, 6) is 0.267. The summed E-state index contributed by atoms with van der Waals surface area (Å²) < 4.78 is 1.23. The molecule has 0 spiro atoms. The molecule has 0 atom stereocenters. The van der Waals surface area contributed by atoms with E-state index in [0.717, 1.165) is 49.3 Å². The van der Waals surface area contributed by atoms with E-state index in [9.17, 15) is 4.79 Å². The number of carbonyl (C=O) groups is 1. The number of piperidine rings is 1. The number of benzene rings is 1. The van der Waals surface area contributed by atoms with Crippen molar-refractivity contribution in [2.45, 2.75) is 38.1 Å². The summed E-state index contributed by atoms with van der Waals surface area (Å²) in [6, 6.07) is 8.46. The second-order valence-corrected chi connectivity index (χ2v) is 6.76. The van der Waals surface area contributed by atoms with E-state index in [1.54, 1.807) is 11.3 Å². The molecule has 1 saturated heterocycles. The first kappa shape index (κ1) is 20.2. The summed E-state index contributed by atoms with van der Waals surface area (Å²) in [6.45, 7) is 1.64. The maximum Gasteiger partial charge on any atom is 0.222 e. The summed E-state index contributed by atoms with van der Waals surface area (Å²) in [7, 11) is 0. The molecule has 1 aromatic carbocycles. The second-order valence-electron chi connectivity index (χ2n) is 5.65. The summed E-state index contributed by atoms with van der Waals surface area (Å²) in [6.07, 6.45) is 4.25. The Kier molecular flexibility index (Phi) is 8.26. The van der Waals surface area contributed by atoms with Crippen molar-refractivity contribution in [1.82, 2.24) is 9.88 Å². The van der Waals surface area contributed by atoms with Gasteiger partial charge in [-0.2, -0.15) is 0 Å². The van der Waals surface area contributed by atoms with Gasteiger partial charge in [-0.1, -0.05) is 12.1 Å². The number of para-hydroxylation sites is 1. The molecule has 2 N–H and O–H groups in total. The van der Waals surface area contributed by atoms with E-state index >= 15 is 0 Å². The first-order chi connectivity index (χ1) is 10.2. The molecule has 2 heterocycles. The average molecular weight is 376 g/mol. The fourth-order valence-corrected chi connectivity index (χ4v) is 3.73. The smallest absolute Gasteiger partial charge is 0.222 e. The lowest BCUT2D eigenvalue weighted by molar-refractivity contribution is -0.132. The Morgan fingerprint density at radius 3 is 2.65 bits per heavy atom. The molecule has 1 aliphatic rings. The van der Waals surface area contributed by atoms with Crippen LogP contribution in [0.25, 0.3) is 10.2 Å². The zero-order chi connectivity index (χ0) is 14.7. The number of nitrogens with two attached hydrogens (primary N) is 1. The monoisotopic (exact) mass is 375 g/mol. The van der Waals surface area contributed by atoms with Crippen LogP contribution in [-0.2, 0) is 11.2 Å². The Bertz CT molecular complexity index is 594. The largest absolute Gasteiger partial charge is 0.343 e. The van der Waals surface area contributed by atoms with Gasteiger partial charge in [0.1, 0.15) is 0 Å². The standard InChI is InChI=1S/C16H21N3OS.2ClH/c17-12-8-10-19(11-9-12)16(20)7-3-6-15-18-13-4-1-2-5-14(13)21-15;;/h1-2,4-5,12H,3,6-11,17H2;2*1H. The summed E-state index contributed by atoms with van der Waals surface area (Å²) in [4.78, 5) is 18.7. The molecule has 1 fully saturated rings. The van der Waals surface area contributed by atoms with Crippen LogP contribution in [-0.4, -0.2) is 34.9 Å². The van der Waals surface area contributed by atoms with Crippen LogP contribution in [0.2, 0.25) is 0 Å². The van der Waals surface area contributed by atoms with Gasteiger partial charge in [-0.05, 0) is 37.8 Å². The molecule has 7 heteroatoms. The molecule has 2 aromatic rings. The topological polar surface area (TPSA) is 59.2 Å². The predicted molar refractivity (Wildman–Crippen MR) is 101 cm³/mol. The number of halogens is 2. The highest BCUT2D eigenvalue weighted by molar-refractivity contribution is 7.18. The Morgan fingerprint density at radius 1 is 1.26 bits per heavy atom. The molecule has 23 heavy (non-hydrogen) atoms. The van der Waals surface area contributed by atoms with Gasteiger partial charge in [-0.25, -0.2) is 4.98 Å². The zero-order valence-electron chi connectivity index (χ0n) is 12.9. The maximum atomic E-state index is 12.1. The highest BCUT2D eigenvalue weighted by Gasteiger charge is 2.20. The third kappa shape index (κ3) is 5.31. The first-order valence-corrected chi connectivity index (χ1v) is 8.42.